The van der Waals surface area contributed by atoms with Crippen LogP contribution in [0.2, 0.25) is 0 Å². The van der Waals surface area contributed by atoms with Crippen molar-refractivity contribution in [1.29, 1.82) is 0 Å². The van der Waals surface area contributed by atoms with E-state index in [1.54, 1.807) is 7.11 Å². The molecule has 2 rings (SSSR count). The minimum Gasteiger partial charge on any atom is -0.497 e. The van der Waals surface area contributed by atoms with Gasteiger partial charge < -0.3 is 20.9 Å². The number of aromatic nitrogens is 2. The van der Waals surface area contributed by atoms with Crippen molar-refractivity contribution in [3.63, 3.8) is 0 Å². The van der Waals surface area contributed by atoms with Crippen molar-refractivity contribution in [2.75, 3.05) is 24.8 Å². The zero-order chi connectivity index (χ0) is 15.4. The van der Waals surface area contributed by atoms with Crippen LogP contribution in [0, 0.1) is 5.92 Å². The lowest BCUT2D eigenvalue weighted by molar-refractivity contribution is 0.241. The van der Waals surface area contributed by atoms with E-state index in [0.29, 0.717) is 11.7 Å². The van der Waals surface area contributed by atoms with Crippen LogP contribution in [-0.4, -0.2) is 34.8 Å². The highest BCUT2D eigenvalue weighted by atomic mass is 16.5. The molecule has 0 saturated heterocycles. The van der Waals surface area contributed by atoms with E-state index in [0.717, 1.165) is 23.1 Å². The number of aliphatic hydroxyl groups excluding tert-OH is 1. The molecule has 114 valence electrons. The molecule has 1 aromatic heterocycles. The topological polar surface area (TPSA) is 93.3 Å². The Balaban J connectivity index is 2.45. The molecule has 0 aliphatic rings. The summed E-state index contributed by atoms with van der Waals surface area (Å²) in [5.74, 6) is 1.86. The normalized spacial score (nSPS) is 13.9. The van der Waals surface area contributed by atoms with E-state index in [2.05, 4.69) is 29.1 Å². The van der Waals surface area contributed by atoms with Crippen molar-refractivity contribution in [3.05, 3.63) is 18.2 Å². The summed E-state index contributed by atoms with van der Waals surface area (Å²) < 4.78 is 5.24. The molecule has 0 spiro atoms. The summed E-state index contributed by atoms with van der Waals surface area (Å²) in [5.41, 5.74) is 6.51. The summed E-state index contributed by atoms with van der Waals surface area (Å²) in [6.45, 7) is 4.20. The van der Waals surface area contributed by atoms with E-state index in [9.17, 15) is 5.11 Å². The first kappa shape index (κ1) is 15.3. The van der Waals surface area contributed by atoms with E-state index in [-0.39, 0.29) is 18.6 Å². The molecule has 0 bridgehead atoms. The van der Waals surface area contributed by atoms with Gasteiger partial charge >= 0.3 is 0 Å². The summed E-state index contributed by atoms with van der Waals surface area (Å²) in [6, 6.07) is 5.45. The average molecular weight is 290 g/mol. The highest BCUT2D eigenvalue weighted by Gasteiger charge is 2.17. The number of benzene rings is 1. The number of nitrogens with one attached hydrogen (secondary N) is 1. The van der Waals surface area contributed by atoms with Gasteiger partial charge in [0.2, 0.25) is 5.95 Å². The molecule has 1 aromatic carbocycles. The molecule has 2 atom stereocenters. The number of rotatable bonds is 6. The van der Waals surface area contributed by atoms with Crippen molar-refractivity contribution in [3.8, 4) is 5.75 Å². The first-order valence-corrected chi connectivity index (χ1v) is 7.07. The van der Waals surface area contributed by atoms with Crippen LogP contribution in [0.1, 0.15) is 20.3 Å². The van der Waals surface area contributed by atoms with Crippen LogP contribution in [0.25, 0.3) is 10.9 Å². The average Bonchev–Trinajstić information content (AvgIpc) is 2.51. The van der Waals surface area contributed by atoms with Gasteiger partial charge in [-0.3, -0.25) is 0 Å². The summed E-state index contributed by atoms with van der Waals surface area (Å²) >= 11 is 0. The van der Waals surface area contributed by atoms with Gasteiger partial charge in [-0.05, 0) is 24.1 Å². The number of nitrogen functional groups attached to an aromatic ring is 1. The van der Waals surface area contributed by atoms with Crippen molar-refractivity contribution in [1.82, 2.24) is 9.97 Å². The van der Waals surface area contributed by atoms with Crippen molar-refractivity contribution in [2.24, 2.45) is 5.92 Å². The lowest BCUT2D eigenvalue weighted by Gasteiger charge is -2.23. The summed E-state index contributed by atoms with van der Waals surface area (Å²) in [6.07, 6.45) is 0.958. The predicted octanol–water partition coefficient (Wildman–Crippen LogP) is 2.04. The number of nitrogens with two attached hydrogens (primary N) is 1. The molecule has 2 aromatic rings. The monoisotopic (exact) mass is 290 g/mol. The minimum absolute atomic E-state index is 0.0321. The van der Waals surface area contributed by atoms with Gasteiger partial charge in [0.15, 0.2) is 0 Å². The maximum Gasteiger partial charge on any atom is 0.222 e. The number of ether oxygens (including phenoxy) is 1. The fourth-order valence-electron chi connectivity index (χ4n) is 2.19. The maximum absolute atomic E-state index is 9.57. The van der Waals surface area contributed by atoms with Gasteiger partial charge in [-0.25, -0.2) is 4.98 Å². The highest BCUT2D eigenvalue weighted by Crippen LogP contribution is 2.27. The molecule has 21 heavy (non-hydrogen) atoms. The van der Waals surface area contributed by atoms with E-state index in [1.165, 1.54) is 0 Å². The number of methoxy groups -OCH3 is 1. The van der Waals surface area contributed by atoms with Crippen molar-refractivity contribution in [2.45, 2.75) is 26.3 Å². The largest absolute Gasteiger partial charge is 0.497 e. The Morgan fingerprint density at radius 1 is 1.38 bits per heavy atom. The first-order chi connectivity index (χ1) is 10.1. The third-order valence-corrected chi connectivity index (χ3v) is 3.77. The molecular formula is C15H22N4O2. The van der Waals surface area contributed by atoms with E-state index in [4.69, 9.17) is 10.5 Å². The third-order valence-electron chi connectivity index (χ3n) is 3.77. The number of anilines is 2. The molecule has 6 nitrogen and oxygen atoms in total. The second kappa shape index (κ2) is 6.58. The second-order valence-electron chi connectivity index (χ2n) is 5.13. The molecular weight excluding hydrogens is 268 g/mol. The van der Waals surface area contributed by atoms with Gasteiger partial charge in [-0.2, -0.15) is 4.98 Å². The molecule has 0 radical (unpaired) electrons. The molecule has 4 N–H and O–H groups in total. The van der Waals surface area contributed by atoms with Crippen LogP contribution in [0.15, 0.2) is 18.2 Å². The van der Waals surface area contributed by atoms with Gasteiger partial charge in [-0.15, -0.1) is 0 Å². The van der Waals surface area contributed by atoms with Crippen LogP contribution in [0.4, 0.5) is 11.8 Å². The van der Waals surface area contributed by atoms with E-state index >= 15 is 0 Å². The lowest BCUT2D eigenvalue weighted by atomic mass is 10.00. The Labute approximate surface area is 124 Å². The Morgan fingerprint density at radius 3 is 2.76 bits per heavy atom. The number of aliphatic hydroxyl groups is 1. The number of fused-ring (bicyclic) bond motifs is 1. The van der Waals surface area contributed by atoms with Crippen molar-refractivity contribution < 1.29 is 9.84 Å². The van der Waals surface area contributed by atoms with E-state index < -0.39 is 0 Å². The molecule has 6 heteroatoms. The standard InChI is InChI=1S/C15H22N4O2/c1-4-9(2)13(8-20)17-14-11-7-10(21-3)5-6-12(11)18-15(16)19-14/h5-7,9,13,20H,4,8H2,1-3H3,(H3,16,17,18,19)/t9-,13+/m0/s1. The van der Waals surface area contributed by atoms with E-state index in [1.807, 2.05) is 18.2 Å². The molecule has 0 amide bonds. The van der Waals surface area contributed by atoms with Crippen LogP contribution < -0.4 is 15.8 Å². The molecule has 0 fully saturated rings. The fourth-order valence-corrected chi connectivity index (χ4v) is 2.19. The summed E-state index contributed by atoms with van der Waals surface area (Å²) in [4.78, 5) is 8.49. The number of hydrogen-bond donors (Lipinski definition) is 3. The molecule has 0 saturated carbocycles. The molecule has 0 unspecified atom stereocenters. The van der Waals surface area contributed by atoms with Gasteiger partial charge in [-0.1, -0.05) is 20.3 Å². The summed E-state index contributed by atoms with van der Waals surface area (Å²) in [5, 5.41) is 13.7. The van der Waals surface area contributed by atoms with Crippen LogP contribution >= 0.6 is 0 Å². The third kappa shape index (κ3) is 3.33. The summed E-state index contributed by atoms with van der Waals surface area (Å²) in [7, 11) is 1.61. The van der Waals surface area contributed by atoms with Gasteiger partial charge in [0, 0.05) is 5.39 Å². The fraction of sp³-hybridized carbons (Fsp3) is 0.467. The van der Waals surface area contributed by atoms with Crippen molar-refractivity contribution >= 4 is 22.7 Å². The SMILES string of the molecule is CC[C@H](C)[C@@H](CO)Nc1nc(N)nc2ccc(OC)cc12. The maximum atomic E-state index is 9.57. The lowest BCUT2D eigenvalue weighted by Crippen LogP contribution is -2.31. The Kier molecular flexibility index (Phi) is 4.80. The highest BCUT2D eigenvalue weighted by molar-refractivity contribution is 5.91. The zero-order valence-corrected chi connectivity index (χ0v) is 12.6. The zero-order valence-electron chi connectivity index (χ0n) is 12.6. The predicted molar refractivity (Wildman–Crippen MR) is 84.5 cm³/mol. The Morgan fingerprint density at radius 2 is 2.14 bits per heavy atom. The first-order valence-electron chi connectivity index (χ1n) is 7.07. The smallest absolute Gasteiger partial charge is 0.222 e. The Bertz CT molecular complexity index is 618. The van der Waals surface area contributed by atoms with Gasteiger partial charge in [0.1, 0.15) is 11.6 Å². The number of nitrogens with zero attached hydrogens (tertiary/aromatic N) is 2. The minimum atomic E-state index is -0.0845. The van der Waals surface area contributed by atoms with Crippen LogP contribution in [-0.2, 0) is 0 Å². The quantitative estimate of drug-likeness (QED) is 0.754. The molecule has 0 aliphatic heterocycles. The number of hydrogen-bond acceptors (Lipinski definition) is 6. The van der Waals surface area contributed by atoms with Gasteiger partial charge in [0.05, 0.1) is 25.3 Å². The van der Waals surface area contributed by atoms with Gasteiger partial charge in [0.25, 0.3) is 0 Å². The molecule has 1 heterocycles. The molecule has 0 aliphatic carbocycles. The second-order valence-corrected chi connectivity index (χ2v) is 5.13. The van der Waals surface area contributed by atoms with Crippen LogP contribution in [0.5, 0.6) is 5.75 Å². The van der Waals surface area contributed by atoms with Crippen LogP contribution in [0.3, 0.4) is 0 Å². The Hall–Kier alpha value is -2.08.